The van der Waals surface area contributed by atoms with Gasteiger partial charge in [-0.05, 0) is 107 Å². The molecule has 11 rings (SSSR count). The molecule has 0 N–H and O–H groups in total. The predicted molar refractivity (Wildman–Crippen MR) is 234 cm³/mol. The molecule has 0 aliphatic heterocycles. The summed E-state index contributed by atoms with van der Waals surface area (Å²) in [7, 11) is 0. The molecule has 57 heavy (non-hydrogen) atoms. The average molecular weight is 728 g/mol. The smallest absolute Gasteiger partial charge is 0.0900 e. The molecule has 0 bridgehead atoms. The van der Waals surface area contributed by atoms with Gasteiger partial charge >= 0.3 is 0 Å². The number of nitrogens with zero attached hydrogens (tertiary/aromatic N) is 5. The number of fused-ring (bicyclic) bond motifs is 6. The third kappa shape index (κ3) is 5.72. The van der Waals surface area contributed by atoms with Gasteiger partial charge in [0.15, 0.2) is 0 Å². The number of pyridine rings is 4. The molecule has 6 aromatic carbocycles. The molecule has 0 unspecified atom stereocenters. The summed E-state index contributed by atoms with van der Waals surface area (Å²) in [6.07, 6.45) is 3.61. The predicted octanol–water partition coefficient (Wildman–Crippen LogP) is 13.0. The first kappa shape index (κ1) is 32.7. The minimum atomic E-state index is 0.804. The van der Waals surface area contributed by atoms with E-state index in [2.05, 4.69) is 166 Å². The van der Waals surface area contributed by atoms with Crippen LogP contribution >= 0.6 is 0 Å². The summed E-state index contributed by atoms with van der Waals surface area (Å²) in [4.78, 5) is 19.5. The van der Waals surface area contributed by atoms with Crippen molar-refractivity contribution in [3.05, 3.63) is 200 Å². The highest BCUT2D eigenvalue weighted by molar-refractivity contribution is 6.20. The van der Waals surface area contributed by atoms with Gasteiger partial charge in [-0.1, -0.05) is 109 Å². The molecular formula is C52H33N5. The van der Waals surface area contributed by atoms with Crippen LogP contribution in [0.25, 0.3) is 105 Å². The van der Waals surface area contributed by atoms with Crippen LogP contribution in [0.1, 0.15) is 0 Å². The zero-order valence-corrected chi connectivity index (χ0v) is 30.8. The third-order valence-corrected chi connectivity index (χ3v) is 10.9. The second kappa shape index (κ2) is 13.5. The van der Waals surface area contributed by atoms with Crippen molar-refractivity contribution in [2.24, 2.45) is 0 Å². The molecular weight excluding hydrogens is 695 g/mol. The maximum absolute atomic E-state index is 5.24. The lowest BCUT2D eigenvalue weighted by Crippen LogP contribution is -1.95. The van der Waals surface area contributed by atoms with Gasteiger partial charge < -0.3 is 4.57 Å². The summed E-state index contributed by atoms with van der Waals surface area (Å²) in [6, 6.07) is 66.1. The Labute approximate surface area is 329 Å². The van der Waals surface area contributed by atoms with Gasteiger partial charge in [0.05, 0.1) is 45.0 Å². The molecule has 5 nitrogen and oxygen atoms in total. The summed E-state index contributed by atoms with van der Waals surface area (Å²) in [5.74, 6) is 0. The van der Waals surface area contributed by atoms with Gasteiger partial charge in [0.25, 0.3) is 0 Å². The highest BCUT2D eigenvalue weighted by Crippen LogP contribution is 2.41. The van der Waals surface area contributed by atoms with Crippen LogP contribution in [0.4, 0.5) is 0 Å². The van der Waals surface area contributed by atoms with Crippen molar-refractivity contribution in [3.8, 4) is 62.0 Å². The van der Waals surface area contributed by atoms with E-state index in [1.807, 2.05) is 36.4 Å². The van der Waals surface area contributed by atoms with E-state index in [1.165, 1.54) is 16.2 Å². The van der Waals surface area contributed by atoms with Crippen molar-refractivity contribution >= 4 is 43.5 Å². The van der Waals surface area contributed by atoms with Crippen LogP contribution in [0.2, 0.25) is 0 Å². The van der Waals surface area contributed by atoms with Crippen molar-refractivity contribution in [2.75, 3.05) is 0 Å². The number of benzene rings is 6. The zero-order valence-electron chi connectivity index (χ0n) is 30.8. The van der Waals surface area contributed by atoms with Crippen LogP contribution in [-0.4, -0.2) is 24.5 Å². The first-order valence-electron chi connectivity index (χ1n) is 19.1. The Kier molecular flexibility index (Phi) is 7.74. The van der Waals surface area contributed by atoms with E-state index in [1.54, 1.807) is 12.4 Å². The van der Waals surface area contributed by atoms with Crippen molar-refractivity contribution in [2.45, 2.75) is 0 Å². The summed E-state index contributed by atoms with van der Waals surface area (Å²) < 4.78 is 2.41. The fourth-order valence-corrected chi connectivity index (χ4v) is 8.18. The standard InChI is InChI=1S/C52H33N5/c1-3-14-34(15-4-1)52-44-32-43-41-25-24-37(31-50(41)57(39-18-5-2-6-19-39)51(43)33-42(44)40-20-7-8-21-45(40)56-52)35-16-13-17-36(28-35)38-29-48(46-22-9-11-26-53-46)55-49(30-38)47-23-10-12-27-54-47/h1-33H. The van der Waals surface area contributed by atoms with E-state index in [0.29, 0.717) is 0 Å². The Morgan fingerprint density at radius 3 is 1.65 bits per heavy atom. The van der Waals surface area contributed by atoms with E-state index in [0.717, 1.165) is 89.3 Å². The summed E-state index contributed by atoms with van der Waals surface area (Å²) in [5, 5.41) is 5.86. The van der Waals surface area contributed by atoms with Crippen LogP contribution in [0.5, 0.6) is 0 Å². The lowest BCUT2D eigenvalue weighted by Gasteiger charge is -2.12. The Morgan fingerprint density at radius 2 is 0.930 bits per heavy atom. The molecule has 0 saturated carbocycles. The van der Waals surface area contributed by atoms with Gasteiger partial charge in [-0.2, -0.15) is 0 Å². The molecule has 0 aliphatic rings. The highest BCUT2D eigenvalue weighted by Gasteiger charge is 2.19. The SMILES string of the molecule is c1ccc(-c2nc3ccccc3c3cc4c(cc23)c2ccc(-c3cccc(-c5cc(-c6ccccn6)nc(-c6ccccn6)c5)c3)cc2n4-c2ccccc2)cc1. The molecule has 0 radical (unpaired) electrons. The van der Waals surface area contributed by atoms with Gasteiger partial charge in [-0.15, -0.1) is 0 Å². The van der Waals surface area contributed by atoms with Crippen LogP contribution in [-0.2, 0) is 0 Å². The molecule has 0 fully saturated rings. The molecule has 0 spiro atoms. The molecule has 0 amide bonds. The van der Waals surface area contributed by atoms with E-state index in [-0.39, 0.29) is 0 Å². The number of para-hydroxylation sites is 2. The van der Waals surface area contributed by atoms with Crippen LogP contribution in [0.3, 0.4) is 0 Å². The Bertz CT molecular complexity index is 3210. The minimum absolute atomic E-state index is 0.804. The topological polar surface area (TPSA) is 56.5 Å². The second-order valence-electron chi connectivity index (χ2n) is 14.3. The molecule has 266 valence electrons. The minimum Gasteiger partial charge on any atom is -0.309 e. The average Bonchev–Trinajstić information content (AvgIpc) is 3.61. The first-order chi connectivity index (χ1) is 28.2. The van der Waals surface area contributed by atoms with Gasteiger partial charge in [-0.3, -0.25) is 9.97 Å². The van der Waals surface area contributed by atoms with Gasteiger partial charge in [-0.25, -0.2) is 9.97 Å². The normalized spacial score (nSPS) is 11.5. The van der Waals surface area contributed by atoms with Gasteiger partial charge in [0.1, 0.15) is 0 Å². The van der Waals surface area contributed by atoms with E-state index in [9.17, 15) is 0 Å². The van der Waals surface area contributed by atoms with Crippen LogP contribution in [0, 0.1) is 0 Å². The first-order valence-corrected chi connectivity index (χ1v) is 19.1. The summed E-state index contributed by atoms with van der Waals surface area (Å²) in [5.41, 5.74) is 14.2. The van der Waals surface area contributed by atoms with Crippen molar-refractivity contribution < 1.29 is 0 Å². The number of hydrogen-bond acceptors (Lipinski definition) is 4. The maximum Gasteiger partial charge on any atom is 0.0900 e. The Balaban J connectivity index is 1.12. The number of aromatic nitrogens is 5. The fraction of sp³-hybridized carbons (Fsp3) is 0. The van der Waals surface area contributed by atoms with Crippen molar-refractivity contribution in [1.82, 2.24) is 24.5 Å². The van der Waals surface area contributed by atoms with E-state index in [4.69, 9.17) is 9.97 Å². The summed E-state index contributed by atoms with van der Waals surface area (Å²) >= 11 is 0. The number of hydrogen-bond donors (Lipinski definition) is 0. The zero-order chi connectivity index (χ0) is 37.7. The largest absolute Gasteiger partial charge is 0.309 e. The lowest BCUT2D eigenvalue weighted by atomic mass is 9.96. The maximum atomic E-state index is 5.24. The molecule has 0 atom stereocenters. The second-order valence-corrected chi connectivity index (χ2v) is 14.3. The van der Waals surface area contributed by atoms with Crippen LogP contribution in [0.15, 0.2) is 200 Å². The Hall–Kier alpha value is -7.76. The van der Waals surface area contributed by atoms with Gasteiger partial charge in [0, 0.05) is 45.2 Å². The van der Waals surface area contributed by atoms with E-state index < -0.39 is 0 Å². The van der Waals surface area contributed by atoms with Crippen LogP contribution < -0.4 is 0 Å². The third-order valence-electron chi connectivity index (χ3n) is 10.9. The Morgan fingerprint density at radius 1 is 0.316 bits per heavy atom. The van der Waals surface area contributed by atoms with Crippen molar-refractivity contribution in [3.63, 3.8) is 0 Å². The monoisotopic (exact) mass is 727 g/mol. The molecule has 0 aliphatic carbocycles. The van der Waals surface area contributed by atoms with Gasteiger partial charge in [0.2, 0.25) is 0 Å². The fourth-order valence-electron chi connectivity index (χ4n) is 8.18. The van der Waals surface area contributed by atoms with E-state index >= 15 is 0 Å². The number of rotatable bonds is 6. The lowest BCUT2D eigenvalue weighted by molar-refractivity contribution is 1.18. The van der Waals surface area contributed by atoms with Crippen molar-refractivity contribution in [1.29, 1.82) is 0 Å². The highest BCUT2D eigenvalue weighted by atomic mass is 15.0. The molecule has 0 saturated heterocycles. The molecule has 5 heterocycles. The molecule has 5 aromatic heterocycles. The quantitative estimate of drug-likeness (QED) is 0.160. The molecule has 5 heteroatoms. The summed E-state index contributed by atoms with van der Waals surface area (Å²) in [6.45, 7) is 0. The molecule has 11 aromatic rings.